The Morgan fingerprint density at radius 3 is 2.83 bits per heavy atom. The molecular formula is C22H21N5O3. The predicted molar refractivity (Wildman–Crippen MR) is 112 cm³/mol. The minimum absolute atomic E-state index is 0.0142. The summed E-state index contributed by atoms with van der Waals surface area (Å²) in [6.07, 6.45) is 3.65. The number of imidazole rings is 1. The van der Waals surface area contributed by atoms with Crippen molar-refractivity contribution in [1.29, 1.82) is 0 Å². The van der Waals surface area contributed by atoms with Gasteiger partial charge in [0.05, 0.1) is 43.1 Å². The first-order valence-electron chi connectivity index (χ1n) is 9.78. The summed E-state index contributed by atoms with van der Waals surface area (Å²) in [5, 5.41) is 4.45. The summed E-state index contributed by atoms with van der Waals surface area (Å²) < 4.78 is 12.5. The van der Waals surface area contributed by atoms with E-state index < -0.39 is 0 Å². The maximum absolute atomic E-state index is 12.8. The van der Waals surface area contributed by atoms with Gasteiger partial charge >= 0.3 is 0 Å². The number of carbonyl (C=O) groups is 1. The van der Waals surface area contributed by atoms with Crippen molar-refractivity contribution in [3.8, 4) is 22.8 Å². The highest BCUT2D eigenvalue weighted by atomic mass is 16.5. The molecule has 0 saturated carbocycles. The van der Waals surface area contributed by atoms with Gasteiger partial charge in [-0.2, -0.15) is 5.10 Å². The Balaban J connectivity index is 1.44. The van der Waals surface area contributed by atoms with Gasteiger partial charge < -0.3 is 19.4 Å². The second-order valence-electron chi connectivity index (χ2n) is 7.07. The molecule has 1 amide bonds. The van der Waals surface area contributed by atoms with E-state index in [-0.39, 0.29) is 5.91 Å². The molecule has 0 radical (unpaired) electrons. The molecule has 0 aliphatic carbocycles. The number of hydrogen-bond acceptors (Lipinski definition) is 5. The van der Waals surface area contributed by atoms with E-state index in [1.54, 1.807) is 18.0 Å². The molecule has 1 aliphatic heterocycles. The maximum Gasteiger partial charge on any atom is 0.254 e. The first kappa shape index (κ1) is 18.4. The molecule has 3 heterocycles. The smallest absolute Gasteiger partial charge is 0.254 e. The highest BCUT2D eigenvalue weighted by molar-refractivity contribution is 5.97. The largest absolute Gasteiger partial charge is 0.494 e. The van der Waals surface area contributed by atoms with Crippen molar-refractivity contribution in [3.63, 3.8) is 0 Å². The predicted octanol–water partition coefficient (Wildman–Crippen LogP) is 2.90. The highest BCUT2D eigenvalue weighted by Crippen LogP contribution is 2.25. The number of para-hydroxylation sites is 2. The quantitative estimate of drug-likeness (QED) is 0.566. The van der Waals surface area contributed by atoms with Gasteiger partial charge in [0.25, 0.3) is 5.91 Å². The second kappa shape index (κ2) is 7.64. The normalized spacial score (nSPS) is 14.2. The minimum atomic E-state index is 0.0142. The Kier molecular flexibility index (Phi) is 4.68. The van der Waals surface area contributed by atoms with Crippen LogP contribution in [0.3, 0.4) is 0 Å². The number of morpholine rings is 1. The van der Waals surface area contributed by atoms with Gasteiger partial charge in [-0.15, -0.1) is 0 Å². The summed E-state index contributed by atoms with van der Waals surface area (Å²) in [6.45, 7) is 2.40. The number of methoxy groups -OCH3 is 1. The van der Waals surface area contributed by atoms with Crippen molar-refractivity contribution in [2.24, 2.45) is 0 Å². The van der Waals surface area contributed by atoms with E-state index in [2.05, 4.69) is 15.1 Å². The fourth-order valence-corrected chi connectivity index (χ4v) is 3.62. The lowest BCUT2D eigenvalue weighted by molar-refractivity contribution is 0.0303. The third kappa shape index (κ3) is 3.31. The number of amides is 1. The van der Waals surface area contributed by atoms with Gasteiger partial charge in [-0.25, -0.2) is 9.67 Å². The molecule has 8 nitrogen and oxygen atoms in total. The van der Waals surface area contributed by atoms with Crippen LogP contribution >= 0.6 is 0 Å². The molecule has 1 aliphatic rings. The van der Waals surface area contributed by atoms with Crippen molar-refractivity contribution in [1.82, 2.24) is 24.6 Å². The van der Waals surface area contributed by atoms with Crippen molar-refractivity contribution < 1.29 is 14.3 Å². The van der Waals surface area contributed by atoms with E-state index >= 15 is 0 Å². The molecule has 1 fully saturated rings. The lowest BCUT2D eigenvalue weighted by Gasteiger charge is -2.26. The first-order valence-corrected chi connectivity index (χ1v) is 9.78. The molecule has 0 bridgehead atoms. The number of fused-ring (bicyclic) bond motifs is 1. The number of nitrogens with zero attached hydrogens (tertiary/aromatic N) is 4. The van der Waals surface area contributed by atoms with Crippen LogP contribution in [0.5, 0.6) is 5.75 Å². The van der Waals surface area contributed by atoms with Crippen LogP contribution in [0.15, 0.2) is 54.9 Å². The molecule has 4 aromatic rings. The van der Waals surface area contributed by atoms with E-state index in [1.807, 2.05) is 53.6 Å². The van der Waals surface area contributed by atoms with Crippen molar-refractivity contribution in [2.75, 3.05) is 33.4 Å². The van der Waals surface area contributed by atoms with Gasteiger partial charge in [-0.05, 0) is 30.3 Å². The topological polar surface area (TPSA) is 85.3 Å². The number of carbonyl (C=O) groups excluding carboxylic acids is 1. The molecule has 30 heavy (non-hydrogen) atoms. The summed E-state index contributed by atoms with van der Waals surface area (Å²) in [7, 11) is 1.64. The molecule has 5 rings (SSSR count). The summed E-state index contributed by atoms with van der Waals surface area (Å²) in [5.74, 6) is 1.45. The lowest BCUT2D eigenvalue weighted by Crippen LogP contribution is -2.40. The van der Waals surface area contributed by atoms with Crippen LogP contribution in [0.2, 0.25) is 0 Å². The summed E-state index contributed by atoms with van der Waals surface area (Å²) in [4.78, 5) is 22.5. The number of nitrogens with one attached hydrogen (secondary N) is 1. The number of benzene rings is 2. The number of rotatable bonds is 4. The average molecular weight is 403 g/mol. The maximum atomic E-state index is 12.8. The summed E-state index contributed by atoms with van der Waals surface area (Å²) in [6, 6.07) is 13.2. The zero-order valence-corrected chi connectivity index (χ0v) is 16.5. The van der Waals surface area contributed by atoms with Gasteiger partial charge in [0.15, 0.2) is 0 Å². The minimum Gasteiger partial charge on any atom is -0.494 e. The Morgan fingerprint density at radius 2 is 2.00 bits per heavy atom. The average Bonchev–Trinajstić information content (AvgIpc) is 3.45. The monoisotopic (exact) mass is 403 g/mol. The number of hydrogen-bond donors (Lipinski definition) is 1. The second-order valence-corrected chi connectivity index (χ2v) is 7.07. The van der Waals surface area contributed by atoms with Crippen LogP contribution in [0, 0.1) is 0 Å². The summed E-state index contributed by atoms with van der Waals surface area (Å²) >= 11 is 0. The molecule has 1 N–H and O–H groups in total. The molecule has 8 heteroatoms. The molecular weight excluding hydrogens is 382 g/mol. The highest BCUT2D eigenvalue weighted by Gasteiger charge is 2.19. The standard InChI is InChI=1S/C22H21N5O3/c1-29-20-5-3-2-4-19(20)27-14-16(13-23-27)21-24-17-7-6-15(12-18(17)25-21)22(28)26-8-10-30-11-9-26/h2-7,12-14H,8-11H2,1H3,(H,24,25). The fourth-order valence-electron chi connectivity index (χ4n) is 3.62. The van der Waals surface area contributed by atoms with E-state index in [0.717, 1.165) is 28.0 Å². The first-order chi connectivity index (χ1) is 14.7. The molecule has 152 valence electrons. The Morgan fingerprint density at radius 1 is 1.17 bits per heavy atom. The Hall–Kier alpha value is -3.65. The van der Waals surface area contributed by atoms with Crippen LogP contribution in [0.25, 0.3) is 28.1 Å². The molecule has 0 atom stereocenters. The Bertz CT molecular complexity index is 1210. The van der Waals surface area contributed by atoms with Crippen LogP contribution in [-0.2, 0) is 4.74 Å². The van der Waals surface area contributed by atoms with Gasteiger partial charge in [0.1, 0.15) is 17.3 Å². The number of aromatic amines is 1. The number of aromatic nitrogens is 4. The number of H-pyrrole nitrogens is 1. The number of ether oxygens (including phenoxy) is 2. The van der Waals surface area contributed by atoms with Gasteiger partial charge in [0, 0.05) is 24.8 Å². The van der Waals surface area contributed by atoms with Crippen molar-refractivity contribution in [2.45, 2.75) is 0 Å². The zero-order valence-electron chi connectivity index (χ0n) is 16.5. The van der Waals surface area contributed by atoms with Crippen LogP contribution in [-0.4, -0.2) is 64.0 Å². The molecule has 1 saturated heterocycles. The van der Waals surface area contributed by atoms with Gasteiger partial charge in [-0.3, -0.25) is 4.79 Å². The zero-order chi connectivity index (χ0) is 20.5. The van der Waals surface area contributed by atoms with E-state index in [0.29, 0.717) is 37.7 Å². The van der Waals surface area contributed by atoms with E-state index in [1.165, 1.54) is 0 Å². The third-order valence-corrected chi connectivity index (χ3v) is 5.22. The third-order valence-electron chi connectivity index (χ3n) is 5.22. The SMILES string of the molecule is COc1ccccc1-n1cc(-c2nc3ccc(C(=O)N4CCOCC4)cc3[nH]2)cn1. The molecule has 2 aromatic carbocycles. The fraction of sp³-hybridized carbons (Fsp3) is 0.227. The molecule has 2 aromatic heterocycles. The molecule has 0 spiro atoms. The van der Waals surface area contributed by atoms with Crippen molar-refractivity contribution >= 4 is 16.9 Å². The van der Waals surface area contributed by atoms with E-state index in [4.69, 9.17) is 9.47 Å². The lowest BCUT2D eigenvalue weighted by atomic mass is 10.1. The molecule has 0 unspecified atom stereocenters. The van der Waals surface area contributed by atoms with Gasteiger partial charge in [-0.1, -0.05) is 12.1 Å². The van der Waals surface area contributed by atoms with Gasteiger partial charge in [0.2, 0.25) is 0 Å². The van der Waals surface area contributed by atoms with Crippen molar-refractivity contribution in [3.05, 3.63) is 60.4 Å². The van der Waals surface area contributed by atoms with Crippen LogP contribution in [0.1, 0.15) is 10.4 Å². The van der Waals surface area contributed by atoms with Crippen LogP contribution in [0.4, 0.5) is 0 Å². The summed E-state index contributed by atoms with van der Waals surface area (Å²) in [5.41, 5.74) is 3.95. The van der Waals surface area contributed by atoms with E-state index in [9.17, 15) is 4.79 Å². The van der Waals surface area contributed by atoms with Crippen LogP contribution < -0.4 is 4.74 Å². The Labute approximate surface area is 173 Å².